The fourth-order valence-electron chi connectivity index (χ4n) is 3.01. The number of primary amides is 1. The summed E-state index contributed by atoms with van der Waals surface area (Å²) in [6, 6.07) is 3.38. The number of halogens is 2. The molecule has 0 saturated heterocycles. The van der Waals surface area contributed by atoms with Gasteiger partial charge in [0, 0.05) is 46.9 Å². The van der Waals surface area contributed by atoms with Gasteiger partial charge in [0.25, 0.3) is 5.91 Å². The zero-order chi connectivity index (χ0) is 21.4. The smallest absolute Gasteiger partial charge is 0.251 e. The number of aromatic nitrogens is 4. The Morgan fingerprint density at radius 2 is 1.73 bits per heavy atom. The molecule has 4 aromatic rings. The summed E-state index contributed by atoms with van der Waals surface area (Å²) in [7, 11) is 0. The predicted octanol–water partition coefficient (Wildman–Crippen LogP) is 3.35. The second-order valence-corrected chi connectivity index (χ2v) is 7.03. The molecule has 3 heterocycles. The van der Waals surface area contributed by atoms with Crippen molar-refractivity contribution >= 4 is 34.5 Å². The van der Waals surface area contributed by atoms with E-state index in [4.69, 9.17) is 5.73 Å². The highest BCUT2D eigenvalue weighted by atomic mass is 32.2. The van der Waals surface area contributed by atoms with Crippen molar-refractivity contribution in [1.82, 2.24) is 19.9 Å². The van der Waals surface area contributed by atoms with Gasteiger partial charge in [-0.3, -0.25) is 9.59 Å². The van der Waals surface area contributed by atoms with Crippen molar-refractivity contribution in [2.45, 2.75) is 5.16 Å². The van der Waals surface area contributed by atoms with E-state index >= 15 is 0 Å². The van der Waals surface area contributed by atoms with Crippen molar-refractivity contribution < 1.29 is 18.4 Å². The van der Waals surface area contributed by atoms with E-state index in [2.05, 4.69) is 19.9 Å². The zero-order valence-corrected chi connectivity index (χ0v) is 16.3. The molecular formula is C20H13F2N5O2S. The Balaban J connectivity index is 1.83. The minimum atomic E-state index is -1.30. The maximum Gasteiger partial charge on any atom is 0.251 e. The lowest BCUT2D eigenvalue weighted by molar-refractivity contribution is 0.0996. The zero-order valence-electron chi connectivity index (χ0n) is 15.4. The van der Waals surface area contributed by atoms with Crippen LogP contribution in [-0.4, -0.2) is 37.9 Å². The lowest BCUT2D eigenvalue weighted by Gasteiger charge is -2.07. The molecule has 150 valence electrons. The first-order chi connectivity index (χ1) is 14.4. The van der Waals surface area contributed by atoms with Gasteiger partial charge in [0.15, 0.2) is 5.16 Å². The third kappa shape index (κ3) is 3.30. The van der Waals surface area contributed by atoms with Crippen LogP contribution >= 0.6 is 11.8 Å². The summed E-state index contributed by atoms with van der Waals surface area (Å²) in [6.45, 7) is 0. The van der Waals surface area contributed by atoms with Gasteiger partial charge in [-0.15, -0.1) is 0 Å². The van der Waals surface area contributed by atoms with Crippen molar-refractivity contribution in [3.05, 3.63) is 71.3 Å². The molecular weight excluding hydrogens is 412 g/mol. The number of nitrogens with two attached hydrogens (primary N) is 1. The summed E-state index contributed by atoms with van der Waals surface area (Å²) >= 11 is 1.39. The van der Waals surface area contributed by atoms with Crippen molar-refractivity contribution in [3.63, 3.8) is 0 Å². The van der Waals surface area contributed by atoms with Crippen molar-refractivity contribution in [2.24, 2.45) is 5.73 Å². The van der Waals surface area contributed by atoms with Gasteiger partial charge in [0.05, 0.1) is 11.1 Å². The van der Waals surface area contributed by atoms with E-state index in [0.717, 1.165) is 12.1 Å². The number of carbonyl (C=O) groups is 2. The quantitative estimate of drug-likeness (QED) is 0.288. The van der Waals surface area contributed by atoms with E-state index in [1.165, 1.54) is 18.0 Å². The van der Waals surface area contributed by atoms with Gasteiger partial charge in [0.1, 0.15) is 17.3 Å². The molecule has 0 saturated carbocycles. The maximum atomic E-state index is 14.6. The van der Waals surface area contributed by atoms with E-state index < -0.39 is 34.5 Å². The van der Waals surface area contributed by atoms with Crippen LogP contribution in [0.5, 0.6) is 0 Å². The molecule has 0 spiro atoms. The minimum Gasteiger partial charge on any atom is -0.366 e. The maximum absolute atomic E-state index is 14.6. The van der Waals surface area contributed by atoms with Crippen LogP contribution in [0.4, 0.5) is 8.78 Å². The van der Waals surface area contributed by atoms with Crippen LogP contribution in [0.25, 0.3) is 22.2 Å². The molecule has 0 aliphatic carbocycles. The normalized spacial score (nSPS) is 11.0. The number of benzene rings is 1. The number of carbonyl (C=O) groups excluding carboxylic acids is 2. The number of rotatable bonds is 5. The van der Waals surface area contributed by atoms with Crippen molar-refractivity contribution in [2.75, 3.05) is 6.26 Å². The standard InChI is InChI=1S/C20H13F2N5O2S/c1-30-20-26-6-10(7-27-20)9-4-12-13(8-25-19(12)24-5-9)17(28)15-14(21)3-2-11(16(15)22)18(23)29/h2-8H,1H3,(H2,23,29)(H,24,25). The molecule has 3 aromatic heterocycles. The van der Waals surface area contributed by atoms with Gasteiger partial charge in [-0.05, 0) is 24.5 Å². The molecule has 0 unspecified atom stereocenters. The summed E-state index contributed by atoms with van der Waals surface area (Å²) in [5.74, 6) is -4.43. The number of pyridine rings is 1. The average molecular weight is 425 g/mol. The van der Waals surface area contributed by atoms with Crippen molar-refractivity contribution in [3.8, 4) is 11.1 Å². The van der Waals surface area contributed by atoms with Crippen LogP contribution < -0.4 is 5.73 Å². The van der Waals surface area contributed by atoms with E-state index in [1.54, 1.807) is 24.7 Å². The first kappa shape index (κ1) is 19.6. The lowest BCUT2D eigenvalue weighted by Crippen LogP contribution is -2.17. The Kier molecular flexibility index (Phi) is 5.00. The highest BCUT2D eigenvalue weighted by Gasteiger charge is 2.25. The van der Waals surface area contributed by atoms with Crippen LogP contribution in [0.2, 0.25) is 0 Å². The van der Waals surface area contributed by atoms with Gasteiger partial charge in [-0.2, -0.15) is 0 Å². The predicted molar refractivity (Wildman–Crippen MR) is 107 cm³/mol. The van der Waals surface area contributed by atoms with Gasteiger partial charge >= 0.3 is 0 Å². The third-order valence-corrected chi connectivity index (χ3v) is 5.08. The van der Waals surface area contributed by atoms with Gasteiger partial charge in [-0.1, -0.05) is 11.8 Å². The molecule has 3 N–H and O–H groups in total. The molecule has 1 amide bonds. The van der Waals surface area contributed by atoms with Gasteiger partial charge < -0.3 is 10.7 Å². The topological polar surface area (TPSA) is 115 Å². The largest absolute Gasteiger partial charge is 0.366 e. The summed E-state index contributed by atoms with van der Waals surface area (Å²) in [5.41, 5.74) is 5.32. The number of nitrogens with one attached hydrogen (secondary N) is 1. The fraction of sp³-hybridized carbons (Fsp3) is 0.0500. The SMILES string of the molecule is CSc1ncc(-c2cnc3[nH]cc(C(=O)c4c(F)ccc(C(N)=O)c4F)c3c2)cn1. The highest BCUT2D eigenvalue weighted by Crippen LogP contribution is 2.28. The molecule has 0 radical (unpaired) electrons. The van der Waals surface area contributed by atoms with E-state index in [1.807, 2.05) is 6.26 Å². The van der Waals surface area contributed by atoms with Crippen LogP contribution in [-0.2, 0) is 0 Å². The van der Waals surface area contributed by atoms with E-state index in [9.17, 15) is 18.4 Å². The number of fused-ring (bicyclic) bond motifs is 1. The Morgan fingerprint density at radius 3 is 2.40 bits per heavy atom. The number of thioether (sulfide) groups is 1. The summed E-state index contributed by atoms with van der Waals surface area (Å²) in [6.07, 6.45) is 7.97. The molecule has 0 aliphatic heterocycles. The Labute approximate surface area is 172 Å². The number of aromatic amines is 1. The highest BCUT2D eigenvalue weighted by molar-refractivity contribution is 7.98. The van der Waals surface area contributed by atoms with Crippen LogP contribution in [0.3, 0.4) is 0 Å². The molecule has 0 bridgehead atoms. The number of ketones is 1. The minimum absolute atomic E-state index is 0.000391. The van der Waals surface area contributed by atoms with Crippen LogP contribution in [0, 0.1) is 11.6 Å². The van der Waals surface area contributed by atoms with E-state index in [-0.39, 0.29) is 5.56 Å². The van der Waals surface area contributed by atoms with Gasteiger partial charge in [0.2, 0.25) is 5.78 Å². The molecule has 7 nitrogen and oxygen atoms in total. The molecule has 10 heteroatoms. The third-order valence-electron chi connectivity index (χ3n) is 4.50. The Hall–Kier alpha value is -3.66. The number of H-pyrrole nitrogens is 1. The van der Waals surface area contributed by atoms with Crippen LogP contribution in [0.15, 0.2) is 48.1 Å². The molecule has 1 aromatic carbocycles. The number of hydrogen-bond donors (Lipinski definition) is 2. The first-order valence-electron chi connectivity index (χ1n) is 8.56. The fourth-order valence-corrected chi connectivity index (χ4v) is 3.32. The second-order valence-electron chi connectivity index (χ2n) is 6.26. The summed E-state index contributed by atoms with van der Waals surface area (Å²) < 4.78 is 28.9. The molecule has 0 atom stereocenters. The monoisotopic (exact) mass is 425 g/mol. The Morgan fingerprint density at radius 1 is 1.03 bits per heavy atom. The summed E-state index contributed by atoms with van der Waals surface area (Å²) in [4.78, 5) is 39.8. The molecule has 0 aliphatic rings. The number of hydrogen-bond acceptors (Lipinski definition) is 6. The first-order valence-corrected chi connectivity index (χ1v) is 9.79. The molecule has 4 rings (SSSR count). The Bertz CT molecular complexity index is 1300. The van der Waals surface area contributed by atoms with Crippen LogP contribution in [0.1, 0.15) is 26.3 Å². The second kappa shape index (κ2) is 7.64. The van der Waals surface area contributed by atoms with E-state index in [0.29, 0.717) is 27.3 Å². The number of amides is 1. The number of nitrogens with zero attached hydrogens (tertiary/aromatic N) is 3. The van der Waals surface area contributed by atoms with Gasteiger partial charge in [-0.25, -0.2) is 23.7 Å². The van der Waals surface area contributed by atoms with Crippen molar-refractivity contribution in [1.29, 1.82) is 0 Å². The molecule has 30 heavy (non-hydrogen) atoms. The molecule has 0 fully saturated rings. The summed E-state index contributed by atoms with van der Waals surface area (Å²) in [5, 5.41) is 0.959. The average Bonchev–Trinajstić information content (AvgIpc) is 3.16. The lowest BCUT2D eigenvalue weighted by atomic mass is 9.98.